The van der Waals surface area contributed by atoms with Crippen LogP contribution in [0.4, 0.5) is 11.5 Å². The highest BCUT2D eigenvalue weighted by Crippen LogP contribution is 2.25. The maximum absolute atomic E-state index is 12.8. The quantitative estimate of drug-likeness (QED) is 0.464. The van der Waals surface area contributed by atoms with E-state index < -0.39 is 4.92 Å². The van der Waals surface area contributed by atoms with Gasteiger partial charge >= 0.3 is 0 Å². The molecular weight excluding hydrogens is 410 g/mol. The van der Waals surface area contributed by atoms with Crippen molar-refractivity contribution in [1.29, 1.82) is 0 Å². The van der Waals surface area contributed by atoms with E-state index in [1.54, 1.807) is 11.1 Å². The molecule has 11 heteroatoms. The molecule has 1 saturated heterocycles. The van der Waals surface area contributed by atoms with Gasteiger partial charge in [-0.2, -0.15) is 0 Å². The lowest BCUT2D eigenvalue weighted by molar-refractivity contribution is -0.384. The average Bonchev–Trinajstić information content (AvgIpc) is 3.19. The number of aryl methyl sites for hydroxylation is 1. The van der Waals surface area contributed by atoms with E-state index >= 15 is 0 Å². The molecule has 3 heterocycles. The molecule has 1 aromatic carbocycles. The first-order valence-corrected chi connectivity index (χ1v) is 9.62. The van der Waals surface area contributed by atoms with Crippen LogP contribution < -0.4 is 4.90 Å². The monoisotopic (exact) mass is 427 g/mol. The van der Waals surface area contributed by atoms with E-state index in [1.807, 2.05) is 23.8 Å². The lowest BCUT2D eigenvalue weighted by Gasteiger charge is -2.35. The molecule has 0 radical (unpaired) electrons. The van der Waals surface area contributed by atoms with E-state index in [0.29, 0.717) is 26.2 Å². The molecular formula is C19H18ClN7O3. The zero-order valence-electron chi connectivity index (χ0n) is 16.1. The van der Waals surface area contributed by atoms with Crippen molar-refractivity contribution in [3.8, 4) is 5.82 Å². The number of benzene rings is 1. The molecule has 0 atom stereocenters. The molecule has 2 aromatic heterocycles. The van der Waals surface area contributed by atoms with Crippen molar-refractivity contribution >= 4 is 29.0 Å². The number of non-ortho nitro benzene ring substituents is 1. The second-order valence-corrected chi connectivity index (χ2v) is 7.19. The summed E-state index contributed by atoms with van der Waals surface area (Å²) in [5, 5.41) is 10.9. The predicted molar refractivity (Wildman–Crippen MR) is 110 cm³/mol. The number of aromatic nitrogens is 4. The van der Waals surface area contributed by atoms with Gasteiger partial charge in [0, 0.05) is 56.8 Å². The van der Waals surface area contributed by atoms with Crippen LogP contribution in [0, 0.1) is 17.0 Å². The van der Waals surface area contributed by atoms with Gasteiger partial charge in [-0.3, -0.25) is 19.5 Å². The number of imidazole rings is 1. The van der Waals surface area contributed by atoms with Crippen LogP contribution in [-0.4, -0.2) is 61.4 Å². The molecule has 3 aromatic rings. The van der Waals surface area contributed by atoms with Crippen molar-refractivity contribution in [3.05, 3.63) is 69.5 Å². The molecule has 1 aliphatic heterocycles. The van der Waals surface area contributed by atoms with Crippen molar-refractivity contribution in [2.24, 2.45) is 0 Å². The van der Waals surface area contributed by atoms with Crippen LogP contribution in [-0.2, 0) is 0 Å². The molecule has 0 aliphatic carbocycles. The second-order valence-electron chi connectivity index (χ2n) is 6.78. The fraction of sp³-hybridized carbons (Fsp3) is 0.263. The molecule has 1 amide bonds. The highest BCUT2D eigenvalue weighted by molar-refractivity contribution is 6.34. The third kappa shape index (κ3) is 3.81. The fourth-order valence-corrected chi connectivity index (χ4v) is 3.62. The Bertz CT molecular complexity index is 1110. The minimum absolute atomic E-state index is 0.0766. The normalized spacial score (nSPS) is 14.1. The molecule has 1 fully saturated rings. The summed E-state index contributed by atoms with van der Waals surface area (Å²) in [6, 6.07) is 5.78. The summed E-state index contributed by atoms with van der Waals surface area (Å²) in [5.41, 5.74) is 0.115. The molecule has 0 bridgehead atoms. The van der Waals surface area contributed by atoms with Crippen LogP contribution in [0.25, 0.3) is 5.82 Å². The van der Waals surface area contributed by atoms with Crippen molar-refractivity contribution < 1.29 is 9.72 Å². The summed E-state index contributed by atoms with van der Waals surface area (Å²) in [4.78, 5) is 39.8. The highest BCUT2D eigenvalue weighted by atomic mass is 35.5. The number of hydrogen-bond acceptors (Lipinski definition) is 7. The lowest BCUT2D eigenvalue weighted by Crippen LogP contribution is -2.49. The van der Waals surface area contributed by atoms with E-state index in [-0.39, 0.29) is 22.2 Å². The SMILES string of the molecule is Cc1nccn1-c1cc(N2CCN(C(=O)c3ccc([N+](=O)[O-])cc3Cl)CC2)ncn1. The predicted octanol–water partition coefficient (Wildman–Crippen LogP) is 2.49. The Balaban J connectivity index is 1.45. The second kappa shape index (κ2) is 8.07. The minimum atomic E-state index is -0.541. The van der Waals surface area contributed by atoms with Crippen LogP contribution in [0.1, 0.15) is 16.2 Å². The van der Waals surface area contributed by atoms with Crippen molar-refractivity contribution in [2.75, 3.05) is 31.1 Å². The summed E-state index contributed by atoms with van der Waals surface area (Å²) in [6.45, 7) is 4.05. The van der Waals surface area contributed by atoms with Gasteiger partial charge in [-0.25, -0.2) is 15.0 Å². The smallest absolute Gasteiger partial charge is 0.270 e. The molecule has 0 unspecified atom stereocenters. The number of hydrogen-bond donors (Lipinski definition) is 0. The third-order valence-electron chi connectivity index (χ3n) is 5.00. The fourth-order valence-electron chi connectivity index (χ4n) is 3.36. The first-order chi connectivity index (χ1) is 14.4. The number of carbonyl (C=O) groups is 1. The van der Waals surface area contributed by atoms with E-state index in [0.717, 1.165) is 17.5 Å². The van der Waals surface area contributed by atoms with Gasteiger partial charge < -0.3 is 9.80 Å². The Hall–Kier alpha value is -3.53. The van der Waals surface area contributed by atoms with Crippen LogP contribution in [0.2, 0.25) is 5.02 Å². The van der Waals surface area contributed by atoms with E-state index in [2.05, 4.69) is 19.9 Å². The number of rotatable bonds is 4. The number of halogens is 1. The molecule has 10 nitrogen and oxygen atoms in total. The Morgan fingerprint density at radius 3 is 2.47 bits per heavy atom. The number of anilines is 1. The maximum Gasteiger partial charge on any atom is 0.270 e. The molecule has 0 spiro atoms. The van der Waals surface area contributed by atoms with Gasteiger partial charge in [0.1, 0.15) is 23.8 Å². The first kappa shape index (κ1) is 19.8. The summed E-state index contributed by atoms with van der Waals surface area (Å²) in [5.74, 6) is 2.08. The molecule has 4 rings (SSSR count). The number of nitrogens with zero attached hydrogens (tertiary/aromatic N) is 7. The largest absolute Gasteiger partial charge is 0.353 e. The topological polar surface area (TPSA) is 110 Å². The first-order valence-electron chi connectivity index (χ1n) is 9.24. The average molecular weight is 428 g/mol. The Labute approximate surface area is 176 Å². The van der Waals surface area contributed by atoms with Crippen LogP contribution >= 0.6 is 11.6 Å². The Kier molecular flexibility index (Phi) is 5.32. The molecule has 0 saturated carbocycles. The van der Waals surface area contributed by atoms with Crippen LogP contribution in [0.5, 0.6) is 0 Å². The van der Waals surface area contributed by atoms with Crippen LogP contribution in [0.15, 0.2) is 43.0 Å². The molecule has 1 aliphatic rings. The number of piperazine rings is 1. The summed E-state index contributed by atoms with van der Waals surface area (Å²) >= 11 is 6.10. The van der Waals surface area contributed by atoms with Crippen molar-refractivity contribution in [3.63, 3.8) is 0 Å². The van der Waals surface area contributed by atoms with Gasteiger partial charge in [-0.1, -0.05) is 11.6 Å². The van der Waals surface area contributed by atoms with Crippen molar-refractivity contribution in [2.45, 2.75) is 6.92 Å². The lowest BCUT2D eigenvalue weighted by atomic mass is 10.1. The maximum atomic E-state index is 12.8. The van der Waals surface area contributed by atoms with Gasteiger partial charge in [-0.15, -0.1) is 0 Å². The molecule has 0 N–H and O–H groups in total. The van der Waals surface area contributed by atoms with E-state index in [1.165, 1.54) is 24.5 Å². The Morgan fingerprint density at radius 1 is 1.10 bits per heavy atom. The van der Waals surface area contributed by atoms with Gasteiger partial charge in [0.2, 0.25) is 0 Å². The van der Waals surface area contributed by atoms with Gasteiger partial charge in [-0.05, 0) is 13.0 Å². The number of nitro benzene ring substituents is 1. The van der Waals surface area contributed by atoms with Gasteiger partial charge in [0.15, 0.2) is 0 Å². The summed E-state index contributed by atoms with van der Waals surface area (Å²) < 4.78 is 1.88. The minimum Gasteiger partial charge on any atom is -0.353 e. The number of carbonyl (C=O) groups excluding carboxylic acids is 1. The summed E-state index contributed by atoms with van der Waals surface area (Å²) in [6.07, 6.45) is 5.06. The van der Waals surface area contributed by atoms with Gasteiger partial charge in [0.25, 0.3) is 11.6 Å². The standard InChI is InChI=1S/C19H18ClN7O3/c1-13-21-4-5-26(13)18-11-17(22-12-23-18)24-6-8-25(9-7-24)19(28)15-3-2-14(27(29)30)10-16(15)20/h2-5,10-12H,6-9H2,1H3. The van der Waals surface area contributed by atoms with Gasteiger partial charge in [0.05, 0.1) is 15.5 Å². The number of amides is 1. The zero-order valence-corrected chi connectivity index (χ0v) is 16.9. The van der Waals surface area contributed by atoms with Crippen molar-refractivity contribution in [1.82, 2.24) is 24.4 Å². The van der Waals surface area contributed by atoms with E-state index in [4.69, 9.17) is 11.6 Å². The highest BCUT2D eigenvalue weighted by Gasteiger charge is 2.25. The molecule has 154 valence electrons. The zero-order chi connectivity index (χ0) is 21.3. The van der Waals surface area contributed by atoms with E-state index in [9.17, 15) is 14.9 Å². The molecule has 30 heavy (non-hydrogen) atoms. The summed E-state index contributed by atoms with van der Waals surface area (Å²) in [7, 11) is 0. The Morgan fingerprint density at radius 2 is 1.83 bits per heavy atom. The number of nitro groups is 1. The third-order valence-corrected chi connectivity index (χ3v) is 5.31. The van der Waals surface area contributed by atoms with Crippen LogP contribution in [0.3, 0.4) is 0 Å².